The van der Waals surface area contributed by atoms with Gasteiger partial charge in [-0.15, -0.1) is 0 Å². The Balaban J connectivity index is 1.47. The summed E-state index contributed by atoms with van der Waals surface area (Å²) in [5.74, 6) is 4.26. The Bertz CT molecular complexity index is 227. The second-order valence-electron chi connectivity index (χ2n) is 5.74. The second kappa shape index (κ2) is 3.74. The molecular weight excluding hydrogens is 186 g/mol. The lowest BCUT2D eigenvalue weighted by atomic mass is 10.0. The minimum atomic E-state index is 0.542. The molecule has 2 bridgehead atoms. The van der Waals surface area contributed by atoms with E-state index >= 15 is 0 Å². The van der Waals surface area contributed by atoms with Crippen molar-refractivity contribution in [3.8, 4) is 0 Å². The number of hydrogen-bond donors (Lipinski definition) is 1. The van der Waals surface area contributed by atoms with E-state index in [0.717, 1.165) is 42.9 Å². The van der Waals surface area contributed by atoms with Crippen molar-refractivity contribution in [1.82, 2.24) is 5.32 Å². The van der Waals surface area contributed by atoms with Gasteiger partial charge in [0.25, 0.3) is 0 Å². The maximum absolute atomic E-state index is 5.45. The third kappa shape index (κ3) is 1.62. The number of nitrogens with one attached hydrogen (secondary N) is 1. The van der Waals surface area contributed by atoms with Crippen LogP contribution < -0.4 is 5.32 Å². The lowest BCUT2D eigenvalue weighted by molar-refractivity contribution is 0.125. The largest absolute Gasteiger partial charge is 0.380 e. The minimum Gasteiger partial charge on any atom is -0.380 e. The fourth-order valence-electron chi connectivity index (χ4n) is 4.22. The van der Waals surface area contributed by atoms with Crippen LogP contribution in [0.15, 0.2) is 0 Å². The predicted molar refractivity (Wildman–Crippen MR) is 60.7 cm³/mol. The van der Waals surface area contributed by atoms with E-state index in [1.165, 1.54) is 12.8 Å². The van der Waals surface area contributed by atoms with Gasteiger partial charge in [0.15, 0.2) is 0 Å². The Morgan fingerprint density at radius 2 is 1.93 bits per heavy atom. The van der Waals surface area contributed by atoms with Crippen molar-refractivity contribution in [2.75, 3.05) is 13.2 Å². The molecule has 3 saturated carbocycles. The molecule has 0 heterocycles. The van der Waals surface area contributed by atoms with Crippen molar-refractivity contribution in [3.05, 3.63) is 0 Å². The molecule has 3 rings (SSSR count). The molecule has 1 N–H and O–H groups in total. The molecule has 3 aliphatic rings. The van der Waals surface area contributed by atoms with Crippen LogP contribution >= 0.6 is 0 Å². The number of rotatable bonds is 5. The molecule has 0 radical (unpaired) electrons. The highest BCUT2D eigenvalue weighted by atomic mass is 16.5. The monoisotopic (exact) mass is 209 g/mol. The van der Waals surface area contributed by atoms with Gasteiger partial charge in [-0.05, 0) is 56.8 Å². The van der Waals surface area contributed by atoms with E-state index in [4.69, 9.17) is 4.74 Å². The van der Waals surface area contributed by atoms with Gasteiger partial charge in [-0.3, -0.25) is 0 Å². The summed E-state index contributed by atoms with van der Waals surface area (Å²) in [6, 6.07) is 1.40. The Labute approximate surface area is 92.8 Å². The molecule has 3 fully saturated rings. The number of ether oxygens (including phenoxy) is 1. The summed E-state index contributed by atoms with van der Waals surface area (Å²) >= 11 is 0. The maximum atomic E-state index is 5.45. The number of fused-ring (bicyclic) bond motifs is 5. The molecule has 0 aliphatic heterocycles. The lowest BCUT2D eigenvalue weighted by Crippen LogP contribution is -2.35. The Hall–Kier alpha value is -0.0800. The van der Waals surface area contributed by atoms with E-state index in [1.807, 2.05) is 0 Å². The van der Waals surface area contributed by atoms with E-state index in [0.29, 0.717) is 6.04 Å². The van der Waals surface area contributed by atoms with Gasteiger partial charge in [-0.2, -0.15) is 0 Å². The van der Waals surface area contributed by atoms with Crippen LogP contribution in [0, 0.1) is 23.7 Å². The summed E-state index contributed by atoms with van der Waals surface area (Å²) in [4.78, 5) is 0. The first-order valence-corrected chi connectivity index (χ1v) is 6.65. The van der Waals surface area contributed by atoms with Gasteiger partial charge in [0.2, 0.25) is 0 Å². The molecule has 2 heteroatoms. The zero-order valence-corrected chi connectivity index (χ0v) is 9.91. The van der Waals surface area contributed by atoms with Crippen LogP contribution in [0.3, 0.4) is 0 Å². The van der Waals surface area contributed by atoms with E-state index in [9.17, 15) is 0 Å². The topological polar surface area (TPSA) is 21.3 Å². The van der Waals surface area contributed by atoms with Crippen molar-refractivity contribution in [2.45, 2.75) is 45.2 Å². The quantitative estimate of drug-likeness (QED) is 0.748. The summed E-state index contributed by atoms with van der Waals surface area (Å²) in [6.07, 6.45) is 4.58. The fourth-order valence-corrected chi connectivity index (χ4v) is 4.22. The second-order valence-corrected chi connectivity index (χ2v) is 5.74. The molecule has 0 amide bonds. The summed E-state index contributed by atoms with van der Waals surface area (Å²) in [5.41, 5.74) is 0. The molecule has 0 spiro atoms. The van der Waals surface area contributed by atoms with Crippen molar-refractivity contribution in [1.29, 1.82) is 0 Å². The van der Waals surface area contributed by atoms with Gasteiger partial charge in [0, 0.05) is 18.7 Å². The van der Waals surface area contributed by atoms with E-state index in [1.54, 1.807) is 6.42 Å². The molecule has 0 aromatic carbocycles. The van der Waals surface area contributed by atoms with Crippen molar-refractivity contribution < 1.29 is 4.74 Å². The van der Waals surface area contributed by atoms with Crippen molar-refractivity contribution in [3.63, 3.8) is 0 Å². The third-order valence-corrected chi connectivity index (χ3v) is 4.78. The SMILES string of the molecule is CCOCC(C)NC1C2C3CCC(C3)C12. The molecule has 2 nitrogen and oxygen atoms in total. The van der Waals surface area contributed by atoms with Crippen LogP contribution in [0.1, 0.15) is 33.1 Å². The zero-order valence-electron chi connectivity index (χ0n) is 9.91. The molecule has 0 aromatic heterocycles. The van der Waals surface area contributed by atoms with Crippen LogP contribution in [0.5, 0.6) is 0 Å². The van der Waals surface area contributed by atoms with Gasteiger partial charge in [-0.1, -0.05) is 0 Å². The zero-order chi connectivity index (χ0) is 10.4. The molecule has 0 saturated heterocycles. The van der Waals surface area contributed by atoms with E-state index in [-0.39, 0.29) is 0 Å². The van der Waals surface area contributed by atoms with Gasteiger partial charge in [0.1, 0.15) is 0 Å². The smallest absolute Gasteiger partial charge is 0.0616 e. The molecular formula is C13H23NO. The minimum absolute atomic E-state index is 0.542. The van der Waals surface area contributed by atoms with Crippen LogP contribution in [0.4, 0.5) is 0 Å². The predicted octanol–water partition coefficient (Wildman–Crippen LogP) is 2.05. The summed E-state index contributed by atoms with van der Waals surface area (Å²) in [5, 5.41) is 3.77. The summed E-state index contributed by atoms with van der Waals surface area (Å²) in [7, 11) is 0. The molecule has 0 aromatic rings. The highest BCUT2D eigenvalue weighted by Crippen LogP contribution is 2.65. The highest BCUT2D eigenvalue weighted by Gasteiger charge is 2.64. The number of hydrogen-bond acceptors (Lipinski definition) is 2. The molecule has 5 unspecified atom stereocenters. The molecule has 5 atom stereocenters. The Kier molecular flexibility index (Phi) is 2.52. The lowest BCUT2D eigenvalue weighted by Gasteiger charge is -2.16. The van der Waals surface area contributed by atoms with Gasteiger partial charge < -0.3 is 10.1 Å². The van der Waals surface area contributed by atoms with Gasteiger partial charge >= 0.3 is 0 Å². The average Bonchev–Trinajstić information content (AvgIpc) is 2.65. The normalized spacial score (nSPS) is 48.0. The standard InChI is InChI=1S/C13H23NO/c1-3-15-7-8(2)14-13-11-9-4-5-10(6-9)12(11)13/h8-14H,3-7H2,1-2H3. The molecule has 86 valence electrons. The highest BCUT2D eigenvalue weighted by molar-refractivity contribution is 5.17. The summed E-state index contributed by atoms with van der Waals surface area (Å²) < 4.78 is 5.45. The fraction of sp³-hybridized carbons (Fsp3) is 1.00. The van der Waals surface area contributed by atoms with E-state index in [2.05, 4.69) is 19.2 Å². The van der Waals surface area contributed by atoms with Gasteiger partial charge in [0.05, 0.1) is 6.61 Å². The summed E-state index contributed by atoms with van der Waals surface area (Å²) in [6.45, 7) is 6.04. The molecule has 3 aliphatic carbocycles. The first-order chi connectivity index (χ1) is 7.31. The van der Waals surface area contributed by atoms with Crippen molar-refractivity contribution >= 4 is 0 Å². The Morgan fingerprint density at radius 3 is 2.53 bits per heavy atom. The van der Waals surface area contributed by atoms with Gasteiger partial charge in [-0.25, -0.2) is 0 Å². The van der Waals surface area contributed by atoms with Crippen LogP contribution in [-0.4, -0.2) is 25.3 Å². The van der Waals surface area contributed by atoms with Crippen LogP contribution in [0.25, 0.3) is 0 Å². The maximum Gasteiger partial charge on any atom is 0.0616 e. The Morgan fingerprint density at radius 1 is 1.27 bits per heavy atom. The first-order valence-electron chi connectivity index (χ1n) is 6.65. The molecule has 15 heavy (non-hydrogen) atoms. The van der Waals surface area contributed by atoms with E-state index < -0.39 is 0 Å². The third-order valence-electron chi connectivity index (χ3n) is 4.78. The van der Waals surface area contributed by atoms with Crippen molar-refractivity contribution in [2.24, 2.45) is 23.7 Å². The van der Waals surface area contributed by atoms with Crippen LogP contribution in [-0.2, 0) is 4.74 Å². The average molecular weight is 209 g/mol. The first kappa shape index (κ1) is 10.1. The van der Waals surface area contributed by atoms with Crippen LogP contribution in [0.2, 0.25) is 0 Å².